The van der Waals surface area contributed by atoms with Gasteiger partial charge in [-0.2, -0.15) is 0 Å². The highest BCUT2D eigenvalue weighted by atomic mass is 16.6. The molecule has 0 spiro atoms. The number of carbonyl (C=O) groups is 1. The number of nitro benzene ring substituents is 1. The normalized spacial score (nSPS) is 14.6. The fraction of sp³-hybridized carbons (Fsp3) is 0.462. The number of ether oxygens (including phenoxy) is 2. The lowest BCUT2D eigenvalue weighted by molar-refractivity contribution is -0.384. The Morgan fingerprint density at radius 2 is 2.19 bits per heavy atom. The number of morpholine rings is 1. The van der Waals surface area contributed by atoms with Crippen molar-refractivity contribution in [1.29, 1.82) is 0 Å². The molecule has 0 unspecified atom stereocenters. The Kier molecular flexibility index (Phi) is 4.94. The van der Waals surface area contributed by atoms with E-state index in [1.807, 2.05) is 4.90 Å². The molecule has 114 valence electrons. The second-order valence-electron chi connectivity index (χ2n) is 4.38. The molecular weight excluding hydrogens is 278 g/mol. The first-order valence-corrected chi connectivity index (χ1v) is 6.67. The first kappa shape index (κ1) is 15.0. The Morgan fingerprint density at radius 3 is 2.81 bits per heavy atom. The van der Waals surface area contributed by atoms with Crippen LogP contribution in [0.15, 0.2) is 18.2 Å². The monoisotopic (exact) mass is 295 g/mol. The molecule has 1 aliphatic heterocycles. The number of carbonyl (C=O) groups excluding carboxylic acids is 1. The second kappa shape index (κ2) is 6.89. The van der Waals surface area contributed by atoms with Gasteiger partial charge in [0.2, 0.25) is 0 Å². The third-order valence-electron chi connectivity index (χ3n) is 3.05. The molecule has 1 saturated heterocycles. The van der Waals surface area contributed by atoms with E-state index in [0.29, 0.717) is 37.7 Å². The quantitative estimate of drug-likeness (QED) is 0.674. The van der Waals surface area contributed by atoms with E-state index in [0.717, 1.165) is 0 Å². The minimum Gasteiger partial charge on any atom is -0.450 e. The molecule has 0 atom stereocenters. The zero-order valence-electron chi connectivity index (χ0n) is 11.7. The molecule has 1 N–H and O–H groups in total. The molecule has 1 heterocycles. The third-order valence-corrected chi connectivity index (χ3v) is 3.05. The first-order valence-electron chi connectivity index (χ1n) is 6.67. The number of amides is 1. The van der Waals surface area contributed by atoms with E-state index < -0.39 is 11.0 Å². The van der Waals surface area contributed by atoms with E-state index in [1.54, 1.807) is 13.0 Å². The summed E-state index contributed by atoms with van der Waals surface area (Å²) < 4.78 is 10.1. The fourth-order valence-corrected chi connectivity index (χ4v) is 2.18. The predicted octanol–water partition coefficient (Wildman–Crippen LogP) is 2.00. The van der Waals surface area contributed by atoms with Gasteiger partial charge >= 0.3 is 6.09 Å². The molecule has 0 aromatic heterocycles. The largest absolute Gasteiger partial charge is 0.450 e. The number of hydrogen-bond acceptors (Lipinski definition) is 6. The summed E-state index contributed by atoms with van der Waals surface area (Å²) in [7, 11) is 0. The van der Waals surface area contributed by atoms with Crippen LogP contribution in [0.4, 0.5) is 21.9 Å². The zero-order chi connectivity index (χ0) is 15.2. The zero-order valence-corrected chi connectivity index (χ0v) is 11.7. The number of rotatable bonds is 4. The van der Waals surface area contributed by atoms with Crippen LogP contribution in [-0.2, 0) is 9.47 Å². The first-order chi connectivity index (χ1) is 10.1. The molecular formula is C13H17N3O5. The van der Waals surface area contributed by atoms with Gasteiger partial charge < -0.3 is 14.4 Å². The van der Waals surface area contributed by atoms with Crippen LogP contribution in [0.1, 0.15) is 6.92 Å². The summed E-state index contributed by atoms with van der Waals surface area (Å²) in [6.07, 6.45) is -0.632. The molecule has 1 amide bonds. The molecule has 8 heteroatoms. The molecule has 21 heavy (non-hydrogen) atoms. The summed E-state index contributed by atoms with van der Waals surface area (Å²) in [6.45, 7) is 3.96. The maximum atomic E-state index is 11.6. The van der Waals surface area contributed by atoms with Crippen LogP contribution in [0, 0.1) is 10.1 Å². The number of benzene rings is 1. The number of anilines is 2. The Balaban J connectivity index is 2.36. The molecule has 1 aromatic carbocycles. The maximum absolute atomic E-state index is 11.6. The molecule has 0 radical (unpaired) electrons. The number of nitrogens with zero attached hydrogens (tertiary/aromatic N) is 2. The Morgan fingerprint density at radius 1 is 1.48 bits per heavy atom. The van der Waals surface area contributed by atoms with Crippen molar-refractivity contribution in [3.63, 3.8) is 0 Å². The van der Waals surface area contributed by atoms with Crippen LogP contribution in [0.2, 0.25) is 0 Å². The summed E-state index contributed by atoms with van der Waals surface area (Å²) in [6, 6.07) is 4.57. The van der Waals surface area contributed by atoms with Gasteiger partial charge in [-0.05, 0) is 13.0 Å². The van der Waals surface area contributed by atoms with Crippen LogP contribution in [0.25, 0.3) is 0 Å². The highest BCUT2D eigenvalue weighted by Crippen LogP contribution is 2.36. The summed E-state index contributed by atoms with van der Waals surface area (Å²) >= 11 is 0. The van der Waals surface area contributed by atoms with Gasteiger partial charge in [0.15, 0.2) is 0 Å². The van der Waals surface area contributed by atoms with Gasteiger partial charge in [-0.15, -0.1) is 0 Å². The van der Waals surface area contributed by atoms with Crippen LogP contribution in [0.3, 0.4) is 0 Å². The number of hydrogen-bond donors (Lipinski definition) is 1. The van der Waals surface area contributed by atoms with Crippen molar-refractivity contribution in [3.05, 3.63) is 28.3 Å². The Hall–Kier alpha value is -2.35. The standard InChI is InChI=1S/C13H17N3O5/c1-2-21-13(17)14-10-4-3-5-11(16(18)19)12(10)15-6-8-20-9-7-15/h3-5H,2,6-9H2,1H3,(H,14,17). The van der Waals surface area contributed by atoms with E-state index >= 15 is 0 Å². The highest BCUT2D eigenvalue weighted by molar-refractivity contribution is 5.92. The van der Waals surface area contributed by atoms with E-state index in [2.05, 4.69) is 5.32 Å². The topological polar surface area (TPSA) is 93.9 Å². The van der Waals surface area contributed by atoms with Crippen molar-refractivity contribution < 1.29 is 19.2 Å². The fourth-order valence-electron chi connectivity index (χ4n) is 2.18. The highest BCUT2D eigenvalue weighted by Gasteiger charge is 2.25. The van der Waals surface area contributed by atoms with Gasteiger partial charge in [-0.1, -0.05) is 6.07 Å². The van der Waals surface area contributed by atoms with Crippen molar-refractivity contribution in [2.45, 2.75) is 6.92 Å². The van der Waals surface area contributed by atoms with Gasteiger partial charge in [0, 0.05) is 19.2 Å². The number of nitro groups is 1. The van der Waals surface area contributed by atoms with E-state index in [4.69, 9.17) is 9.47 Å². The summed E-state index contributed by atoms with van der Waals surface area (Å²) in [5.74, 6) is 0. The van der Waals surface area contributed by atoms with Gasteiger partial charge in [0.25, 0.3) is 5.69 Å². The molecule has 2 rings (SSSR count). The lowest BCUT2D eigenvalue weighted by atomic mass is 10.2. The lowest BCUT2D eigenvalue weighted by Crippen LogP contribution is -2.37. The van der Waals surface area contributed by atoms with Gasteiger partial charge in [0.05, 0.1) is 30.4 Å². The minimum atomic E-state index is -0.632. The predicted molar refractivity (Wildman–Crippen MR) is 76.8 cm³/mol. The van der Waals surface area contributed by atoms with Gasteiger partial charge in [-0.25, -0.2) is 4.79 Å². The van der Waals surface area contributed by atoms with Crippen molar-refractivity contribution >= 4 is 23.2 Å². The smallest absolute Gasteiger partial charge is 0.411 e. The van der Waals surface area contributed by atoms with Gasteiger partial charge in [0.1, 0.15) is 5.69 Å². The van der Waals surface area contributed by atoms with Crippen molar-refractivity contribution in [3.8, 4) is 0 Å². The number of para-hydroxylation sites is 1. The van der Waals surface area contributed by atoms with E-state index in [9.17, 15) is 14.9 Å². The summed E-state index contributed by atoms with van der Waals surface area (Å²) in [5.41, 5.74) is 0.703. The third kappa shape index (κ3) is 3.60. The molecule has 0 aliphatic carbocycles. The Labute approximate surface area is 121 Å². The molecule has 1 fully saturated rings. The van der Waals surface area contributed by atoms with E-state index in [-0.39, 0.29) is 12.3 Å². The van der Waals surface area contributed by atoms with Crippen molar-refractivity contribution in [2.75, 3.05) is 43.1 Å². The lowest BCUT2D eigenvalue weighted by Gasteiger charge is -2.30. The minimum absolute atomic E-state index is 0.0498. The Bertz CT molecular complexity index is 529. The van der Waals surface area contributed by atoms with Crippen LogP contribution < -0.4 is 10.2 Å². The van der Waals surface area contributed by atoms with Crippen LogP contribution in [0.5, 0.6) is 0 Å². The van der Waals surface area contributed by atoms with Crippen LogP contribution in [-0.4, -0.2) is 43.9 Å². The second-order valence-corrected chi connectivity index (χ2v) is 4.38. The molecule has 1 aliphatic rings. The summed E-state index contributed by atoms with van der Waals surface area (Å²) in [5, 5.41) is 13.8. The van der Waals surface area contributed by atoms with Gasteiger partial charge in [-0.3, -0.25) is 15.4 Å². The molecule has 8 nitrogen and oxygen atoms in total. The average Bonchev–Trinajstić information content (AvgIpc) is 2.48. The van der Waals surface area contributed by atoms with Crippen LogP contribution >= 0.6 is 0 Å². The number of nitrogens with one attached hydrogen (secondary N) is 1. The average molecular weight is 295 g/mol. The maximum Gasteiger partial charge on any atom is 0.411 e. The summed E-state index contributed by atoms with van der Waals surface area (Å²) in [4.78, 5) is 24.2. The molecule has 0 bridgehead atoms. The van der Waals surface area contributed by atoms with Crippen molar-refractivity contribution in [1.82, 2.24) is 0 Å². The van der Waals surface area contributed by atoms with Crippen molar-refractivity contribution in [2.24, 2.45) is 0 Å². The van der Waals surface area contributed by atoms with E-state index in [1.165, 1.54) is 12.1 Å². The SMILES string of the molecule is CCOC(=O)Nc1cccc([N+](=O)[O-])c1N1CCOCC1. The molecule has 0 saturated carbocycles. The molecule has 1 aromatic rings.